The number of benzene rings is 3. The molecule has 4 aromatic rings. The van der Waals surface area contributed by atoms with E-state index < -0.39 is 0 Å². The van der Waals surface area contributed by atoms with Crippen LogP contribution in [0.5, 0.6) is 0 Å². The summed E-state index contributed by atoms with van der Waals surface area (Å²) in [5.41, 5.74) is 2.89. The van der Waals surface area contributed by atoms with Gasteiger partial charge in [0.2, 0.25) is 5.91 Å². The fourth-order valence-electron chi connectivity index (χ4n) is 3.78. The van der Waals surface area contributed by atoms with Gasteiger partial charge < -0.3 is 5.32 Å². The Labute approximate surface area is 197 Å². The average molecular weight is 458 g/mol. The lowest BCUT2D eigenvalue weighted by Gasteiger charge is -2.15. The van der Waals surface area contributed by atoms with Crippen LogP contribution in [0.3, 0.4) is 0 Å². The monoisotopic (exact) mass is 457 g/mol. The zero-order valence-corrected chi connectivity index (χ0v) is 19.4. The van der Waals surface area contributed by atoms with E-state index in [1.807, 2.05) is 73.7 Å². The van der Waals surface area contributed by atoms with Gasteiger partial charge >= 0.3 is 0 Å². The maximum Gasteiger partial charge on any atom is 0.262 e. The number of nitrogens with zero attached hydrogens (tertiary/aromatic N) is 2. The Bertz CT molecular complexity index is 1270. The summed E-state index contributed by atoms with van der Waals surface area (Å²) in [4.78, 5) is 30.5. The Morgan fingerprint density at radius 1 is 0.970 bits per heavy atom. The van der Waals surface area contributed by atoms with Crippen molar-refractivity contribution >= 4 is 28.6 Å². The number of rotatable bonds is 9. The fourth-order valence-corrected chi connectivity index (χ4v) is 4.62. The van der Waals surface area contributed by atoms with Gasteiger partial charge in [0.05, 0.1) is 22.7 Å². The Morgan fingerprint density at radius 3 is 2.39 bits per heavy atom. The second-order valence-electron chi connectivity index (χ2n) is 7.95. The van der Waals surface area contributed by atoms with Crippen LogP contribution < -0.4 is 10.9 Å². The van der Waals surface area contributed by atoms with Crippen molar-refractivity contribution in [3.05, 3.63) is 106 Å². The zero-order chi connectivity index (χ0) is 23.0. The number of para-hydroxylation sites is 1. The van der Waals surface area contributed by atoms with E-state index in [2.05, 4.69) is 17.4 Å². The highest BCUT2D eigenvalue weighted by Crippen LogP contribution is 2.19. The Morgan fingerprint density at radius 2 is 1.64 bits per heavy atom. The number of aromatic nitrogens is 2. The minimum atomic E-state index is -0.0883. The van der Waals surface area contributed by atoms with Crippen LogP contribution in [-0.2, 0) is 17.8 Å². The maximum atomic E-state index is 13.2. The number of hydrogen-bond acceptors (Lipinski definition) is 4. The number of aryl methyl sites for hydroxylation is 1. The molecule has 0 spiro atoms. The zero-order valence-electron chi connectivity index (χ0n) is 18.6. The molecule has 3 aromatic carbocycles. The highest BCUT2D eigenvalue weighted by molar-refractivity contribution is 7.99. The molecule has 0 radical (unpaired) electrons. The van der Waals surface area contributed by atoms with Crippen LogP contribution in [0.1, 0.15) is 30.5 Å². The van der Waals surface area contributed by atoms with E-state index in [0.29, 0.717) is 22.6 Å². The molecule has 6 heteroatoms. The van der Waals surface area contributed by atoms with Crippen molar-refractivity contribution in [2.45, 2.75) is 37.5 Å². The molecule has 1 unspecified atom stereocenters. The molecule has 0 fully saturated rings. The van der Waals surface area contributed by atoms with Crippen LogP contribution in [0.2, 0.25) is 0 Å². The molecule has 1 aromatic heterocycles. The van der Waals surface area contributed by atoms with Gasteiger partial charge in [0, 0.05) is 6.54 Å². The molecule has 0 aliphatic heterocycles. The van der Waals surface area contributed by atoms with Crippen molar-refractivity contribution in [1.29, 1.82) is 0 Å². The molecule has 33 heavy (non-hydrogen) atoms. The van der Waals surface area contributed by atoms with Gasteiger partial charge in [-0.3, -0.25) is 14.2 Å². The third-order valence-electron chi connectivity index (χ3n) is 5.53. The van der Waals surface area contributed by atoms with Crippen LogP contribution >= 0.6 is 11.8 Å². The van der Waals surface area contributed by atoms with Gasteiger partial charge in [-0.1, -0.05) is 84.6 Å². The lowest BCUT2D eigenvalue weighted by Crippen LogP contribution is -2.29. The van der Waals surface area contributed by atoms with E-state index in [9.17, 15) is 9.59 Å². The highest BCUT2D eigenvalue weighted by atomic mass is 32.2. The van der Waals surface area contributed by atoms with Gasteiger partial charge in [-0.2, -0.15) is 0 Å². The topological polar surface area (TPSA) is 64.0 Å². The predicted molar refractivity (Wildman–Crippen MR) is 134 cm³/mol. The first-order valence-corrected chi connectivity index (χ1v) is 12.1. The van der Waals surface area contributed by atoms with Crippen molar-refractivity contribution in [3.63, 3.8) is 0 Å². The van der Waals surface area contributed by atoms with Crippen LogP contribution in [0.15, 0.2) is 94.9 Å². The normalized spacial score (nSPS) is 11.9. The van der Waals surface area contributed by atoms with E-state index >= 15 is 0 Å². The van der Waals surface area contributed by atoms with Crippen molar-refractivity contribution in [3.8, 4) is 0 Å². The van der Waals surface area contributed by atoms with Gasteiger partial charge in [-0.15, -0.1) is 0 Å². The minimum absolute atomic E-state index is 0.0609. The largest absolute Gasteiger partial charge is 0.349 e. The summed E-state index contributed by atoms with van der Waals surface area (Å²) < 4.78 is 1.71. The molecule has 0 aliphatic carbocycles. The van der Waals surface area contributed by atoms with Crippen LogP contribution in [0.4, 0.5) is 0 Å². The predicted octanol–water partition coefficient (Wildman–Crippen LogP) is 5.00. The molecule has 0 aliphatic rings. The second kappa shape index (κ2) is 11.0. The summed E-state index contributed by atoms with van der Waals surface area (Å²) in [6.45, 7) is 2.52. The molecular formula is C27H27N3O2S. The molecule has 0 bridgehead atoms. The summed E-state index contributed by atoms with van der Waals surface area (Å²) in [5.74, 6) is 0.107. The fraction of sp³-hybridized carbons (Fsp3) is 0.222. The van der Waals surface area contributed by atoms with Crippen molar-refractivity contribution in [2.24, 2.45) is 0 Å². The summed E-state index contributed by atoms with van der Waals surface area (Å²) in [7, 11) is 0. The van der Waals surface area contributed by atoms with E-state index in [1.54, 1.807) is 10.6 Å². The quantitative estimate of drug-likeness (QED) is 0.284. The van der Waals surface area contributed by atoms with Gasteiger partial charge in [-0.25, -0.2) is 4.98 Å². The van der Waals surface area contributed by atoms with Crippen LogP contribution in [0.25, 0.3) is 10.9 Å². The molecule has 1 N–H and O–H groups in total. The van der Waals surface area contributed by atoms with Crippen LogP contribution in [-0.4, -0.2) is 21.2 Å². The first kappa shape index (κ1) is 22.8. The lowest BCUT2D eigenvalue weighted by molar-refractivity contribution is -0.119. The number of carbonyl (C=O) groups is 1. The molecule has 4 rings (SSSR count). The standard InChI is InChI=1S/C27H27N3O2S/c1-20(22-14-6-3-7-15-22)28-25(31)19-33-27-29-24-17-9-8-16-23(24)26(32)30(27)18-10-13-21-11-4-2-5-12-21/h2-9,11-12,14-17,20H,10,13,18-19H2,1H3,(H,28,31). The maximum absolute atomic E-state index is 13.2. The van der Waals surface area contributed by atoms with E-state index in [1.165, 1.54) is 17.3 Å². The summed E-state index contributed by atoms with van der Waals surface area (Å²) in [6.07, 6.45) is 1.69. The summed E-state index contributed by atoms with van der Waals surface area (Å²) >= 11 is 1.31. The first-order chi connectivity index (χ1) is 16.1. The van der Waals surface area contributed by atoms with Gasteiger partial charge in [0.1, 0.15) is 0 Å². The molecule has 5 nitrogen and oxygen atoms in total. The molecule has 1 atom stereocenters. The Kier molecular flexibility index (Phi) is 7.58. The Balaban J connectivity index is 1.48. The van der Waals surface area contributed by atoms with Crippen molar-refractivity contribution < 1.29 is 4.79 Å². The molecule has 0 saturated carbocycles. The highest BCUT2D eigenvalue weighted by Gasteiger charge is 2.15. The molecule has 1 amide bonds. The third-order valence-corrected chi connectivity index (χ3v) is 6.50. The van der Waals surface area contributed by atoms with E-state index in [-0.39, 0.29) is 23.3 Å². The average Bonchev–Trinajstić information content (AvgIpc) is 2.85. The smallest absolute Gasteiger partial charge is 0.262 e. The van der Waals surface area contributed by atoms with E-state index in [0.717, 1.165) is 18.4 Å². The number of hydrogen-bond donors (Lipinski definition) is 1. The summed E-state index contributed by atoms with van der Waals surface area (Å²) in [6, 6.07) is 27.4. The number of thioether (sulfide) groups is 1. The van der Waals surface area contributed by atoms with Crippen molar-refractivity contribution in [1.82, 2.24) is 14.9 Å². The SMILES string of the molecule is CC(NC(=O)CSc1nc2ccccc2c(=O)n1CCCc1ccccc1)c1ccccc1. The second-order valence-corrected chi connectivity index (χ2v) is 8.89. The van der Waals surface area contributed by atoms with Gasteiger partial charge in [-0.05, 0) is 43.0 Å². The number of fused-ring (bicyclic) bond motifs is 1. The number of amides is 1. The van der Waals surface area contributed by atoms with Crippen molar-refractivity contribution in [2.75, 3.05) is 5.75 Å². The van der Waals surface area contributed by atoms with E-state index in [4.69, 9.17) is 4.98 Å². The minimum Gasteiger partial charge on any atom is -0.349 e. The first-order valence-electron chi connectivity index (χ1n) is 11.1. The third kappa shape index (κ3) is 5.90. The molecular weight excluding hydrogens is 430 g/mol. The molecule has 1 heterocycles. The van der Waals surface area contributed by atoms with Gasteiger partial charge in [0.15, 0.2) is 5.16 Å². The summed E-state index contributed by atoms with van der Waals surface area (Å²) in [5, 5.41) is 4.21. The molecule has 0 saturated heterocycles. The molecule has 168 valence electrons. The number of carbonyl (C=O) groups excluding carboxylic acids is 1. The lowest BCUT2D eigenvalue weighted by atomic mass is 10.1. The Hall–Kier alpha value is -3.38. The number of nitrogens with one attached hydrogen (secondary N) is 1. The van der Waals surface area contributed by atoms with Crippen LogP contribution in [0, 0.1) is 0 Å². The van der Waals surface area contributed by atoms with Gasteiger partial charge in [0.25, 0.3) is 5.56 Å².